The second-order valence-corrected chi connectivity index (χ2v) is 6.22. The van der Waals surface area contributed by atoms with Crippen molar-refractivity contribution in [3.05, 3.63) is 59.0 Å². The maximum absolute atomic E-state index is 12.4. The number of aliphatic hydroxyl groups is 2. The van der Waals surface area contributed by atoms with Crippen molar-refractivity contribution < 1.29 is 19.4 Å². The van der Waals surface area contributed by atoms with Crippen LogP contribution in [0.1, 0.15) is 39.9 Å². The van der Waals surface area contributed by atoms with Gasteiger partial charge in [0.15, 0.2) is 5.58 Å². The fourth-order valence-corrected chi connectivity index (χ4v) is 2.86. The first kappa shape index (κ1) is 17.3. The molecule has 0 aliphatic carbocycles. The molecular weight excluding hydrogens is 320 g/mol. The molecule has 2 heterocycles. The zero-order valence-corrected chi connectivity index (χ0v) is 14.2. The van der Waals surface area contributed by atoms with E-state index in [0.29, 0.717) is 11.3 Å². The second-order valence-electron chi connectivity index (χ2n) is 6.22. The Bertz CT molecular complexity index is 866. The quantitative estimate of drug-likeness (QED) is 0.553. The maximum Gasteiger partial charge on any atom is 0.268 e. The predicted molar refractivity (Wildman–Crippen MR) is 94.4 cm³/mol. The number of aromatic nitrogens is 1. The van der Waals surface area contributed by atoms with Crippen molar-refractivity contribution in [1.29, 1.82) is 0 Å². The summed E-state index contributed by atoms with van der Waals surface area (Å²) < 4.78 is 5.58. The van der Waals surface area contributed by atoms with Crippen molar-refractivity contribution in [1.82, 2.24) is 10.3 Å². The number of aryl methyl sites for hydroxylation is 2. The van der Waals surface area contributed by atoms with Crippen molar-refractivity contribution >= 4 is 17.0 Å². The van der Waals surface area contributed by atoms with E-state index in [-0.39, 0.29) is 18.9 Å². The molecule has 0 spiro atoms. The SMILES string of the molecule is Cc1oc2cc(C(=O)NC(CO)CC(O)c3ccccc3)[nH]c2c1C. The molecule has 2 aromatic heterocycles. The highest BCUT2D eigenvalue weighted by Gasteiger charge is 2.20. The standard InChI is InChI=1S/C19H22N2O4/c1-11-12(2)25-17-9-15(21-18(11)17)19(24)20-14(10-22)8-16(23)13-6-4-3-5-7-13/h3-7,9,14,16,21-23H,8,10H2,1-2H3,(H,20,24). The fraction of sp³-hybridized carbons (Fsp3) is 0.316. The van der Waals surface area contributed by atoms with Gasteiger partial charge in [-0.3, -0.25) is 4.79 Å². The largest absolute Gasteiger partial charge is 0.459 e. The van der Waals surface area contributed by atoms with E-state index in [1.165, 1.54) is 0 Å². The number of hydrogen-bond donors (Lipinski definition) is 4. The van der Waals surface area contributed by atoms with Crippen LogP contribution in [0.5, 0.6) is 0 Å². The van der Waals surface area contributed by atoms with Gasteiger partial charge in [-0.05, 0) is 25.8 Å². The minimum atomic E-state index is -0.761. The van der Waals surface area contributed by atoms with Gasteiger partial charge in [0.25, 0.3) is 5.91 Å². The summed E-state index contributed by atoms with van der Waals surface area (Å²) in [4.78, 5) is 15.5. The van der Waals surface area contributed by atoms with Gasteiger partial charge < -0.3 is 24.9 Å². The lowest BCUT2D eigenvalue weighted by Gasteiger charge is -2.19. The number of aromatic amines is 1. The summed E-state index contributed by atoms with van der Waals surface area (Å²) in [6, 6.07) is 10.3. The van der Waals surface area contributed by atoms with Crippen LogP contribution in [0.25, 0.3) is 11.1 Å². The van der Waals surface area contributed by atoms with E-state index in [1.54, 1.807) is 6.07 Å². The van der Waals surface area contributed by atoms with Gasteiger partial charge in [-0.25, -0.2) is 0 Å². The van der Waals surface area contributed by atoms with Crippen LogP contribution in [-0.4, -0.2) is 33.8 Å². The first-order chi connectivity index (χ1) is 12.0. The van der Waals surface area contributed by atoms with Crippen LogP contribution >= 0.6 is 0 Å². The third kappa shape index (κ3) is 3.60. The molecule has 0 aliphatic heterocycles. The Kier molecular flexibility index (Phi) is 4.92. The molecule has 0 fully saturated rings. The molecule has 0 bridgehead atoms. The summed E-state index contributed by atoms with van der Waals surface area (Å²) in [7, 11) is 0. The van der Waals surface area contributed by atoms with Crippen molar-refractivity contribution in [2.75, 3.05) is 6.61 Å². The van der Waals surface area contributed by atoms with Gasteiger partial charge in [0.1, 0.15) is 11.5 Å². The Balaban J connectivity index is 1.68. The van der Waals surface area contributed by atoms with E-state index < -0.39 is 12.1 Å². The van der Waals surface area contributed by atoms with E-state index in [9.17, 15) is 15.0 Å². The molecule has 1 aromatic carbocycles. The Labute approximate surface area is 145 Å². The van der Waals surface area contributed by atoms with Gasteiger partial charge >= 0.3 is 0 Å². The Morgan fingerprint density at radius 1 is 1.28 bits per heavy atom. The summed E-state index contributed by atoms with van der Waals surface area (Å²) >= 11 is 0. The van der Waals surface area contributed by atoms with Gasteiger partial charge in [-0.15, -0.1) is 0 Å². The van der Waals surface area contributed by atoms with Gasteiger partial charge in [0, 0.05) is 11.6 Å². The van der Waals surface area contributed by atoms with Gasteiger partial charge in [0.2, 0.25) is 0 Å². The number of nitrogens with one attached hydrogen (secondary N) is 2. The number of aliphatic hydroxyl groups excluding tert-OH is 2. The highest BCUT2D eigenvalue weighted by molar-refractivity contribution is 5.97. The highest BCUT2D eigenvalue weighted by Crippen LogP contribution is 2.25. The normalized spacial score (nSPS) is 13.8. The van der Waals surface area contributed by atoms with Crippen molar-refractivity contribution in [3.8, 4) is 0 Å². The molecule has 25 heavy (non-hydrogen) atoms. The molecule has 0 saturated heterocycles. The fourth-order valence-electron chi connectivity index (χ4n) is 2.86. The first-order valence-electron chi connectivity index (χ1n) is 8.23. The van der Waals surface area contributed by atoms with Crippen LogP contribution in [0, 0.1) is 13.8 Å². The predicted octanol–water partition coefficient (Wildman–Crippen LogP) is 2.59. The molecule has 2 unspecified atom stereocenters. The highest BCUT2D eigenvalue weighted by atomic mass is 16.3. The van der Waals surface area contributed by atoms with Crippen LogP contribution < -0.4 is 5.32 Å². The molecule has 1 amide bonds. The monoisotopic (exact) mass is 342 g/mol. The third-order valence-electron chi connectivity index (χ3n) is 4.44. The van der Waals surface area contributed by atoms with Gasteiger partial charge in [-0.1, -0.05) is 30.3 Å². The number of rotatable bonds is 6. The van der Waals surface area contributed by atoms with E-state index >= 15 is 0 Å². The Hall–Kier alpha value is -2.57. The molecule has 3 aromatic rings. The first-order valence-corrected chi connectivity index (χ1v) is 8.23. The molecule has 3 rings (SSSR count). The number of amides is 1. The molecule has 0 aliphatic rings. The topological polar surface area (TPSA) is 98.5 Å². The molecule has 6 heteroatoms. The summed E-state index contributed by atoms with van der Waals surface area (Å²) in [5.41, 5.74) is 3.51. The zero-order chi connectivity index (χ0) is 18.0. The van der Waals surface area contributed by atoms with E-state index in [2.05, 4.69) is 10.3 Å². The number of carbonyl (C=O) groups excluding carboxylic acids is 1. The number of carbonyl (C=O) groups is 1. The molecule has 132 valence electrons. The summed E-state index contributed by atoms with van der Waals surface area (Å²) in [5, 5.41) is 22.6. The van der Waals surface area contributed by atoms with Crippen LogP contribution in [0.15, 0.2) is 40.8 Å². The van der Waals surface area contributed by atoms with Crippen LogP contribution in [0.3, 0.4) is 0 Å². The molecule has 0 radical (unpaired) electrons. The lowest BCUT2D eigenvalue weighted by Crippen LogP contribution is -2.38. The minimum Gasteiger partial charge on any atom is -0.459 e. The third-order valence-corrected chi connectivity index (χ3v) is 4.44. The molecule has 6 nitrogen and oxygen atoms in total. The number of fused-ring (bicyclic) bond motifs is 1. The number of benzene rings is 1. The van der Waals surface area contributed by atoms with Crippen LogP contribution in [-0.2, 0) is 0 Å². The van der Waals surface area contributed by atoms with Crippen molar-refractivity contribution in [2.24, 2.45) is 0 Å². The minimum absolute atomic E-state index is 0.223. The van der Waals surface area contributed by atoms with Crippen LogP contribution in [0.4, 0.5) is 0 Å². The lowest BCUT2D eigenvalue weighted by molar-refractivity contribution is 0.0861. The number of hydrogen-bond acceptors (Lipinski definition) is 4. The van der Waals surface area contributed by atoms with Crippen LogP contribution in [0.2, 0.25) is 0 Å². The van der Waals surface area contributed by atoms with Crippen molar-refractivity contribution in [3.63, 3.8) is 0 Å². The molecule has 4 N–H and O–H groups in total. The average Bonchev–Trinajstić information content (AvgIpc) is 3.15. The lowest BCUT2D eigenvalue weighted by atomic mass is 10.0. The number of furan rings is 1. The van der Waals surface area contributed by atoms with E-state index in [1.807, 2.05) is 44.2 Å². The maximum atomic E-state index is 12.4. The molecular formula is C19H22N2O4. The smallest absolute Gasteiger partial charge is 0.268 e. The molecule has 2 atom stereocenters. The average molecular weight is 342 g/mol. The summed E-state index contributed by atoms with van der Waals surface area (Å²) in [6.45, 7) is 3.53. The second kappa shape index (κ2) is 7.13. The Morgan fingerprint density at radius 2 is 2.00 bits per heavy atom. The molecule has 0 saturated carbocycles. The zero-order valence-electron chi connectivity index (χ0n) is 14.2. The van der Waals surface area contributed by atoms with E-state index in [0.717, 1.165) is 22.4 Å². The summed E-state index contributed by atoms with van der Waals surface area (Å²) in [6.07, 6.45) is -0.537. The van der Waals surface area contributed by atoms with E-state index in [4.69, 9.17) is 4.42 Å². The number of H-pyrrole nitrogens is 1. The summed E-state index contributed by atoms with van der Waals surface area (Å²) in [5.74, 6) is 0.468. The Morgan fingerprint density at radius 3 is 2.64 bits per heavy atom. The van der Waals surface area contributed by atoms with Crippen molar-refractivity contribution in [2.45, 2.75) is 32.4 Å². The van der Waals surface area contributed by atoms with Gasteiger partial charge in [-0.2, -0.15) is 0 Å². The van der Waals surface area contributed by atoms with Gasteiger partial charge in [0.05, 0.1) is 24.3 Å².